The van der Waals surface area contributed by atoms with Gasteiger partial charge in [0, 0.05) is 18.0 Å². The Morgan fingerprint density at radius 2 is 2.04 bits per heavy atom. The molecular weight excluding hydrogens is 350 g/mol. The highest BCUT2D eigenvalue weighted by atomic mass is 16.5. The first-order valence-corrected chi connectivity index (χ1v) is 9.14. The molecule has 0 saturated carbocycles. The highest BCUT2D eigenvalue weighted by molar-refractivity contribution is 6.14. The number of methoxy groups -OCH3 is 1. The molecule has 0 saturated heterocycles. The molecule has 1 aliphatic rings. The Hall–Kier alpha value is -3.21. The van der Waals surface area contributed by atoms with Crippen LogP contribution in [-0.4, -0.2) is 24.2 Å². The molecule has 0 N–H and O–H groups in total. The predicted octanol–water partition coefficient (Wildman–Crippen LogP) is 5.05. The molecule has 144 valence electrons. The highest BCUT2D eigenvalue weighted by Crippen LogP contribution is 2.46. The zero-order chi connectivity index (χ0) is 20.5. The van der Waals surface area contributed by atoms with Gasteiger partial charge in [-0.05, 0) is 50.5 Å². The molecule has 0 aliphatic carbocycles. The summed E-state index contributed by atoms with van der Waals surface area (Å²) in [6.45, 7) is 11.5. The van der Waals surface area contributed by atoms with Gasteiger partial charge in [0.15, 0.2) is 0 Å². The highest BCUT2D eigenvalue weighted by Gasteiger charge is 2.44. The Morgan fingerprint density at radius 1 is 1.29 bits per heavy atom. The zero-order valence-corrected chi connectivity index (χ0v) is 17.0. The van der Waals surface area contributed by atoms with E-state index in [0.717, 1.165) is 28.1 Å². The number of pyridine rings is 1. The van der Waals surface area contributed by atoms with E-state index in [1.54, 1.807) is 30.6 Å². The van der Waals surface area contributed by atoms with Crippen molar-refractivity contribution in [3.05, 3.63) is 66.1 Å². The van der Waals surface area contributed by atoms with Crippen LogP contribution >= 0.6 is 0 Å². The third-order valence-corrected chi connectivity index (χ3v) is 4.91. The van der Waals surface area contributed by atoms with Gasteiger partial charge in [0.25, 0.3) is 0 Å². The molecule has 1 amide bonds. The molecule has 1 aromatic heterocycles. The summed E-state index contributed by atoms with van der Waals surface area (Å²) in [5.74, 6) is 0.614. The number of aliphatic imine (C=N–C) groups is 1. The summed E-state index contributed by atoms with van der Waals surface area (Å²) in [5, 5.41) is 0. The Balaban J connectivity index is 2.15. The molecule has 5 heteroatoms. The first kappa shape index (κ1) is 19.5. The number of carbonyl (C=O) groups excluding carboxylic acids is 1. The van der Waals surface area contributed by atoms with Gasteiger partial charge in [-0.15, -0.1) is 0 Å². The van der Waals surface area contributed by atoms with Crippen molar-refractivity contribution in [2.24, 2.45) is 4.99 Å². The van der Waals surface area contributed by atoms with Crippen molar-refractivity contribution in [3.63, 3.8) is 0 Å². The van der Waals surface area contributed by atoms with Gasteiger partial charge in [-0.25, -0.2) is 0 Å². The van der Waals surface area contributed by atoms with Crippen molar-refractivity contribution in [1.29, 1.82) is 0 Å². The summed E-state index contributed by atoms with van der Waals surface area (Å²) < 4.78 is 5.29. The number of hydrogen-bond acceptors (Lipinski definition) is 4. The maximum atomic E-state index is 13.3. The normalized spacial score (nSPS) is 15.8. The van der Waals surface area contributed by atoms with Crippen LogP contribution in [0.25, 0.3) is 5.57 Å². The predicted molar refractivity (Wildman–Crippen MR) is 114 cm³/mol. The van der Waals surface area contributed by atoms with E-state index in [-0.39, 0.29) is 5.91 Å². The molecule has 28 heavy (non-hydrogen) atoms. The molecule has 0 radical (unpaired) electrons. The van der Waals surface area contributed by atoms with E-state index in [9.17, 15) is 4.79 Å². The van der Waals surface area contributed by atoms with Crippen LogP contribution < -0.4 is 9.64 Å². The standard InChI is InChI=1S/C23H25N3O2/c1-7-16(12-25-15(2)3)17-8-9-20-21(10-17)26(22(27)23(20,4)5)18-11-19(28-6)14-24-13-18/h7-14H,2H2,1,3-6H3/b16-7+,25-12-. The lowest BCUT2D eigenvalue weighted by Gasteiger charge is -2.20. The number of anilines is 2. The number of hydrogen-bond donors (Lipinski definition) is 0. The van der Waals surface area contributed by atoms with Gasteiger partial charge in [0.2, 0.25) is 5.91 Å². The number of benzene rings is 1. The van der Waals surface area contributed by atoms with E-state index >= 15 is 0 Å². The first-order valence-electron chi connectivity index (χ1n) is 9.14. The van der Waals surface area contributed by atoms with E-state index in [0.29, 0.717) is 11.4 Å². The average molecular weight is 375 g/mol. The van der Waals surface area contributed by atoms with Gasteiger partial charge in [-0.1, -0.05) is 24.8 Å². The minimum atomic E-state index is -0.626. The van der Waals surface area contributed by atoms with E-state index in [1.807, 2.05) is 58.0 Å². The molecule has 0 unspecified atom stereocenters. The Kier molecular flexibility index (Phi) is 5.18. The Bertz CT molecular complexity index is 1000. The van der Waals surface area contributed by atoms with Gasteiger partial charge in [0.1, 0.15) is 5.75 Å². The Morgan fingerprint density at radius 3 is 2.68 bits per heavy atom. The molecule has 2 aromatic rings. The largest absolute Gasteiger partial charge is 0.495 e. The lowest BCUT2D eigenvalue weighted by molar-refractivity contribution is -0.121. The van der Waals surface area contributed by atoms with Crippen molar-refractivity contribution < 1.29 is 9.53 Å². The number of allylic oxidation sites excluding steroid dienone is 3. The molecule has 0 bridgehead atoms. The number of aromatic nitrogens is 1. The fourth-order valence-corrected chi connectivity index (χ4v) is 3.32. The minimum absolute atomic E-state index is 0.00679. The lowest BCUT2D eigenvalue weighted by Crippen LogP contribution is -2.33. The maximum absolute atomic E-state index is 13.3. The number of amides is 1. The molecular formula is C23H25N3O2. The van der Waals surface area contributed by atoms with Crippen molar-refractivity contribution in [2.75, 3.05) is 12.0 Å². The van der Waals surface area contributed by atoms with Crippen LogP contribution in [0.5, 0.6) is 5.75 Å². The summed E-state index contributed by atoms with van der Waals surface area (Å²) in [6, 6.07) is 7.90. The topological polar surface area (TPSA) is 54.8 Å². The molecule has 1 aliphatic heterocycles. The van der Waals surface area contributed by atoms with E-state index in [2.05, 4.69) is 16.6 Å². The van der Waals surface area contributed by atoms with Crippen molar-refractivity contribution in [3.8, 4) is 5.75 Å². The average Bonchev–Trinajstić information content (AvgIpc) is 2.88. The molecule has 0 atom stereocenters. The van der Waals surface area contributed by atoms with Gasteiger partial charge < -0.3 is 4.74 Å². The van der Waals surface area contributed by atoms with E-state index < -0.39 is 5.41 Å². The van der Waals surface area contributed by atoms with Crippen LogP contribution in [0, 0.1) is 0 Å². The minimum Gasteiger partial charge on any atom is -0.495 e. The second-order valence-electron chi connectivity index (χ2n) is 7.32. The summed E-state index contributed by atoms with van der Waals surface area (Å²) in [7, 11) is 1.59. The van der Waals surface area contributed by atoms with Crippen molar-refractivity contribution >= 4 is 29.1 Å². The smallest absolute Gasteiger partial charge is 0.241 e. The maximum Gasteiger partial charge on any atom is 0.241 e. The fraction of sp³-hybridized carbons (Fsp3) is 0.261. The quantitative estimate of drug-likeness (QED) is 0.687. The number of ether oxygens (including phenoxy) is 1. The molecule has 0 spiro atoms. The fourth-order valence-electron chi connectivity index (χ4n) is 3.32. The number of nitrogens with zero attached hydrogens (tertiary/aromatic N) is 3. The van der Waals surface area contributed by atoms with Crippen molar-refractivity contribution in [1.82, 2.24) is 4.98 Å². The van der Waals surface area contributed by atoms with Crippen LogP contribution in [-0.2, 0) is 10.2 Å². The zero-order valence-electron chi connectivity index (χ0n) is 17.0. The first-order chi connectivity index (χ1) is 13.3. The van der Waals surface area contributed by atoms with E-state index in [1.165, 1.54) is 0 Å². The summed E-state index contributed by atoms with van der Waals surface area (Å²) in [4.78, 5) is 23.5. The summed E-state index contributed by atoms with van der Waals surface area (Å²) >= 11 is 0. The molecule has 0 fully saturated rings. The van der Waals surface area contributed by atoms with Crippen LogP contribution in [0.4, 0.5) is 11.4 Å². The summed E-state index contributed by atoms with van der Waals surface area (Å²) in [5.41, 5.74) is 4.58. The van der Waals surface area contributed by atoms with Gasteiger partial charge in [-0.2, -0.15) is 0 Å². The van der Waals surface area contributed by atoms with Crippen LogP contribution in [0.15, 0.2) is 60.0 Å². The summed E-state index contributed by atoms with van der Waals surface area (Å²) in [6.07, 6.45) is 7.09. The van der Waals surface area contributed by atoms with Gasteiger partial charge >= 0.3 is 0 Å². The SMILES string of the molecule is C=C(C)/N=C\C(=C/C)c1ccc2c(c1)N(c1cncc(OC)c1)C(=O)C2(C)C. The molecule has 3 rings (SSSR count). The molecule has 5 nitrogen and oxygen atoms in total. The number of carbonyl (C=O) groups is 1. The number of fused-ring (bicyclic) bond motifs is 1. The second-order valence-corrected chi connectivity index (χ2v) is 7.32. The van der Waals surface area contributed by atoms with Gasteiger partial charge in [-0.3, -0.25) is 19.7 Å². The van der Waals surface area contributed by atoms with Crippen molar-refractivity contribution in [2.45, 2.75) is 33.1 Å². The molecule has 1 aromatic carbocycles. The third kappa shape index (κ3) is 3.36. The van der Waals surface area contributed by atoms with E-state index in [4.69, 9.17) is 4.74 Å². The lowest BCUT2D eigenvalue weighted by atomic mass is 9.85. The van der Waals surface area contributed by atoms with Crippen LogP contribution in [0.1, 0.15) is 38.8 Å². The third-order valence-electron chi connectivity index (χ3n) is 4.91. The van der Waals surface area contributed by atoms with Crippen LogP contribution in [0.2, 0.25) is 0 Å². The molecule has 2 heterocycles. The van der Waals surface area contributed by atoms with Gasteiger partial charge in [0.05, 0.1) is 36.3 Å². The number of rotatable bonds is 5. The van der Waals surface area contributed by atoms with Crippen LogP contribution in [0.3, 0.4) is 0 Å². The Labute approximate surface area is 166 Å². The second kappa shape index (κ2) is 7.43. The monoisotopic (exact) mass is 375 g/mol.